The molecule has 2 heterocycles. The zero-order chi connectivity index (χ0) is 20.1. The second-order valence-corrected chi connectivity index (χ2v) is 9.15. The highest BCUT2D eigenvalue weighted by molar-refractivity contribution is 5.94. The Morgan fingerprint density at radius 1 is 1.14 bits per heavy atom. The molecule has 156 valence electrons. The number of likely N-dealkylation sites (tertiary alicyclic amines) is 1. The van der Waals surface area contributed by atoms with Crippen LogP contribution in [0.2, 0.25) is 0 Å². The molecule has 1 amide bonds. The maximum Gasteiger partial charge on any atom is 0.251 e. The Morgan fingerprint density at radius 3 is 2.52 bits per heavy atom. The summed E-state index contributed by atoms with van der Waals surface area (Å²) in [6.45, 7) is 6.42. The maximum absolute atomic E-state index is 13.1. The number of amides is 1. The van der Waals surface area contributed by atoms with Crippen LogP contribution >= 0.6 is 0 Å². The standard InChI is InChI=1S/C24H34N4O/c1-20-10-16-27(17-11-20)19-24(12-3-2-4-13-24)26-23(29)22-8-6-21(7-9-22)18-28-15-5-14-25-28/h5-9,14-15,20H,2-4,10-13,16-19H2,1H3,(H,26,29). The first-order valence-electron chi connectivity index (χ1n) is 11.2. The van der Waals surface area contributed by atoms with Gasteiger partial charge in [0.2, 0.25) is 0 Å². The van der Waals surface area contributed by atoms with Gasteiger partial charge in [-0.25, -0.2) is 0 Å². The summed E-state index contributed by atoms with van der Waals surface area (Å²) in [7, 11) is 0. The summed E-state index contributed by atoms with van der Waals surface area (Å²) in [6.07, 6.45) is 12.2. The number of piperidine rings is 1. The summed E-state index contributed by atoms with van der Waals surface area (Å²) in [5, 5.41) is 7.72. The van der Waals surface area contributed by atoms with Crippen molar-refractivity contribution in [2.24, 2.45) is 5.92 Å². The molecule has 5 heteroatoms. The monoisotopic (exact) mass is 394 g/mol. The highest BCUT2D eigenvalue weighted by atomic mass is 16.1. The van der Waals surface area contributed by atoms with E-state index in [1.165, 1.54) is 45.2 Å². The molecule has 0 radical (unpaired) electrons. The second kappa shape index (κ2) is 9.12. The fourth-order valence-corrected chi connectivity index (χ4v) is 4.85. The number of nitrogens with zero attached hydrogens (tertiary/aromatic N) is 3. The Kier molecular flexibility index (Phi) is 6.34. The van der Waals surface area contributed by atoms with E-state index in [9.17, 15) is 4.79 Å². The van der Waals surface area contributed by atoms with E-state index in [1.807, 2.05) is 41.2 Å². The summed E-state index contributed by atoms with van der Waals surface area (Å²) in [5.74, 6) is 0.909. The molecule has 0 spiro atoms. The van der Waals surface area contributed by atoms with Crippen LogP contribution in [0.3, 0.4) is 0 Å². The first kappa shape index (κ1) is 20.1. The van der Waals surface area contributed by atoms with Crippen molar-refractivity contribution >= 4 is 5.91 Å². The molecule has 1 aliphatic heterocycles. The lowest BCUT2D eigenvalue weighted by Crippen LogP contribution is -2.57. The van der Waals surface area contributed by atoms with Gasteiger partial charge >= 0.3 is 0 Å². The molecule has 1 N–H and O–H groups in total. The molecule has 5 nitrogen and oxygen atoms in total. The molecule has 2 aliphatic rings. The molecule has 1 aromatic heterocycles. The molecule has 1 saturated heterocycles. The molecule has 2 fully saturated rings. The van der Waals surface area contributed by atoms with Gasteiger partial charge in [-0.2, -0.15) is 5.10 Å². The van der Waals surface area contributed by atoms with Crippen molar-refractivity contribution in [3.8, 4) is 0 Å². The van der Waals surface area contributed by atoms with Gasteiger partial charge in [0.25, 0.3) is 5.91 Å². The zero-order valence-corrected chi connectivity index (χ0v) is 17.6. The van der Waals surface area contributed by atoms with Gasteiger partial charge in [-0.15, -0.1) is 0 Å². The third-order valence-electron chi connectivity index (χ3n) is 6.71. The average molecular weight is 395 g/mol. The molecule has 4 rings (SSSR count). The van der Waals surface area contributed by atoms with Crippen molar-refractivity contribution in [3.05, 3.63) is 53.9 Å². The molecule has 2 aromatic rings. The van der Waals surface area contributed by atoms with Crippen LogP contribution in [-0.2, 0) is 6.54 Å². The number of aromatic nitrogens is 2. The molecule has 1 saturated carbocycles. The quantitative estimate of drug-likeness (QED) is 0.803. The minimum absolute atomic E-state index is 0.0658. The smallest absolute Gasteiger partial charge is 0.251 e. The molecule has 29 heavy (non-hydrogen) atoms. The van der Waals surface area contributed by atoms with Crippen LogP contribution in [0.5, 0.6) is 0 Å². The molecule has 0 bridgehead atoms. The number of carbonyl (C=O) groups is 1. The Labute approximate surface area is 174 Å². The van der Waals surface area contributed by atoms with Crippen LogP contribution in [-0.4, -0.2) is 45.8 Å². The molecule has 1 aromatic carbocycles. The Balaban J connectivity index is 1.40. The lowest BCUT2D eigenvalue weighted by Gasteiger charge is -2.43. The normalized spacial score (nSPS) is 20.4. The highest BCUT2D eigenvalue weighted by Gasteiger charge is 2.36. The molecule has 0 atom stereocenters. The molecular weight excluding hydrogens is 360 g/mol. The van der Waals surface area contributed by atoms with Crippen LogP contribution in [0.25, 0.3) is 0 Å². The third-order valence-corrected chi connectivity index (χ3v) is 6.71. The Bertz CT molecular complexity index is 770. The van der Waals surface area contributed by atoms with Crippen molar-refractivity contribution in [2.75, 3.05) is 19.6 Å². The summed E-state index contributed by atoms with van der Waals surface area (Å²) in [4.78, 5) is 15.7. The maximum atomic E-state index is 13.1. The van der Waals surface area contributed by atoms with Gasteiger partial charge in [0.15, 0.2) is 0 Å². The fourth-order valence-electron chi connectivity index (χ4n) is 4.85. The zero-order valence-electron chi connectivity index (χ0n) is 17.6. The summed E-state index contributed by atoms with van der Waals surface area (Å²) in [5.41, 5.74) is 1.84. The van der Waals surface area contributed by atoms with E-state index in [0.29, 0.717) is 0 Å². The lowest BCUT2D eigenvalue weighted by molar-refractivity contribution is 0.0759. The first-order chi connectivity index (χ1) is 14.1. The van der Waals surface area contributed by atoms with Gasteiger partial charge in [-0.1, -0.05) is 38.3 Å². The van der Waals surface area contributed by atoms with E-state index in [-0.39, 0.29) is 11.4 Å². The highest BCUT2D eigenvalue weighted by Crippen LogP contribution is 2.31. The van der Waals surface area contributed by atoms with Crippen LogP contribution in [0, 0.1) is 5.92 Å². The van der Waals surface area contributed by atoms with Crippen molar-refractivity contribution in [1.29, 1.82) is 0 Å². The van der Waals surface area contributed by atoms with Gasteiger partial charge < -0.3 is 10.2 Å². The Morgan fingerprint density at radius 2 is 1.86 bits per heavy atom. The first-order valence-corrected chi connectivity index (χ1v) is 11.2. The second-order valence-electron chi connectivity index (χ2n) is 9.15. The minimum atomic E-state index is -0.0658. The number of hydrogen-bond acceptors (Lipinski definition) is 3. The van der Waals surface area contributed by atoms with Gasteiger partial charge in [-0.05, 0) is 68.5 Å². The van der Waals surface area contributed by atoms with E-state index in [4.69, 9.17) is 0 Å². The fraction of sp³-hybridized carbons (Fsp3) is 0.583. The molecular formula is C24H34N4O. The van der Waals surface area contributed by atoms with Crippen LogP contribution < -0.4 is 5.32 Å². The average Bonchev–Trinajstić information content (AvgIpc) is 3.24. The van der Waals surface area contributed by atoms with Crippen molar-refractivity contribution in [1.82, 2.24) is 20.0 Å². The number of hydrogen-bond donors (Lipinski definition) is 1. The summed E-state index contributed by atoms with van der Waals surface area (Å²) >= 11 is 0. The van der Waals surface area contributed by atoms with E-state index >= 15 is 0 Å². The molecule has 1 aliphatic carbocycles. The van der Waals surface area contributed by atoms with Gasteiger partial charge in [0.05, 0.1) is 12.1 Å². The number of rotatable bonds is 6. The van der Waals surface area contributed by atoms with Crippen molar-refractivity contribution < 1.29 is 4.79 Å². The topological polar surface area (TPSA) is 50.2 Å². The van der Waals surface area contributed by atoms with Crippen LogP contribution in [0.1, 0.15) is 67.8 Å². The lowest BCUT2D eigenvalue weighted by atomic mass is 9.80. The Hall–Kier alpha value is -2.14. The number of benzene rings is 1. The van der Waals surface area contributed by atoms with E-state index in [1.54, 1.807) is 6.20 Å². The van der Waals surface area contributed by atoms with E-state index < -0.39 is 0 Å². The van der Waals surface area contributed by atoms with Crippen LogP contribution in [0.15, 0.2) is 42.7 Å². The van der Waals surface area contributed by atoms with E-state index in [0.717, 1.165) is 43.0 Å². The predicted octanol–water partition coefficient (Wildman–Crippen LogP) is 4.10. The SMILES string of the molecule is CC1CCN(CC2(NC(=O)c3ccc(Cn4cccn4)cc3)CCCCC2)CC1. The largest absolute Gasteiger partial charge is 0.345 e. The van der Waals surface area contributed by atoms with Gasteiger partial charge in [0, 0.05) is 24.5 Å². The predicted molar refractivity (Wildman–Crippen MR) is 116 cm³/mol. The summed E-state index contributed by atoms with van der Waals surface area (Å²) in [6, 6.07) is 9.90. The van der Waals surface area contributed by atoms with Gasteiger partial charge in [0.1, 0.15) is 0 Å². The van der Waals surface area contributed by atoms with Crippen LogP contribution in [0.4, 0.5) is 0 Å². The molecule has 0 unspecified atom stereocenters. The number of carbonyl (C=O) groups excluding carboxylic acids is 1. The van der Waals surface area contributed by atoms with Gasteiger partial charge in [-0.3, -0.25) is 9.48 Å². The summed E-state index contributed by atoms with van der Waals surface area (Å²) < 4.78 is 1.89. The number of nitrogens with one attached hydrogen (secondary N) is 1. The van der Waals surface area contributed by atoms with Crippen molar-refractivity contribution in [3.63, 3.8) is 0 Å². The van der Waals surface area contributed by atoms with Crippen molar-refractivity contribution in [2.45, 2.75) is 64.0 Å². The minimum Gasteiger partial charge on any atom is -0.345 e. The van der Waals surface area contributed by atoms with E-state index in [2.05, 4.69) is 22.2 Å². The third kappa shape index (κ3) is 5.27.